The summed E-state index contributed by atoms with van der Waals surface area (Å²) in [4.78, 5) is 36.0. The fourth-order valence-electron chi connectivity index (χ4n) is 2.17. The SMILES string of the molecule is CCOc1ccccc1C(=O)NCC(=O)OCC(=O)c1ccc(Cl)cc1Cl. The normalized spacial score (nSPS) is 10.2. The van der Waals surface area contributed by atoms with Gasteiger partial charge in [0.15, 0.2) is 6.61 Å². The third kappa shape index (κ3) is 5.98. The smallest absolute Gasteiger partial charge is 0.325 e. The number of nitrogens with one attached hydrogen (secondary N) is 1. The summed E-state index contributed by atoms with van der Waals surface area (Å²) in [6, 6.07) is 11.1. The van der Waals surface area contributed by atoms with Crippen molar-refractivity contribution in [3.63, 3.8) is 0 Å². The molecular formula is C19H17Cl2NO5. The number of halogens is 2. The Balaban J connectivity index is 1.86. The van der Waals surface area contributed by atoms with Gasteiger partial charge in [-0.15, -0.1) is 0 Å². The van der Waals surface area contributed by atoms with Crippen molar-refractivity contribution < 1.29 is 23.9 Å². The Hall–Kier alpha value is -2.57. The van der Waals surface area contributed by atoms with Gasteiger partial charge in [-0.2, -0.15) is 0 Å². The van der Waals surface area contributed by atoms with Crippen molar-refractivity contribution in [2.75, 3.05) is 19.8 Å². The van der Waals surface area contributed by atoms with Crippen LogP contribution in [0.3, 0.4) is 0 Å². The molecule has 0 fully saturated rings. The van der Waals surface area contributed by atoms with Crippen LogP contribution >= 0.6 is 23.2 Å². The number of carbonyl (C=O) groups is 3. The van der Waals surface area contributed by atoms with Crippen LogP contribution < -0.4 is 10.1 Å². The van der Waals surface area contributed by atoms with E-state index in [-0.39, 0.29) is 17.1 Å². The number of esters is 1. The largest absolute Gasteiger partial charge is 0.493 e. The van der Waals surface area contributed by atoms with Crippen molar-refractivity contribution in [2.45, 2.75) is 6.92 Å². The van der Waals surface area contributed by atoms with Gasteiger partial charge in [0.2, 0.25) is 5.78 Å². The van der Waals surface area contributed by atoms with Crippen molar-refractivity contribution >= 4 is 40.9 Å². The highest BCUT2D eigenvalue weighted by atomic mass is 35.5. The highest BCUT2D eigenvalue weighted by Crippen LogP contribution is 2.21. The first-order valence-electron chi connectivity index (χ1n) is 8.06. The number of benzene rings is 2. The maximum absolute atomic E-state index is 12.2. The molecule has 0 aliphatic carbocycles. The number of ether oxygens (including phenoxy) is 2. The maximum Gasteiger partial charge on any atom is 0.325 e. The molecular weight excluding hydrogens is 393 g/mol. The zero-order valence-corrected chi connectivity index (χ0v) is 16.0. The van der Waals surface area contributed by atoms with Crippen LogP contribution in [0.4, 0.5) is 0 Å². The molecule has 0 bridgehead atoms. The van der Waals surface area contributed by atoms with Gasteiger partial charge in [0, 0.05) is 10.6 Å². The van der Waals surface area contributed by atoms with Gasteiger partial charge in [0.25, 0.3) is 5.91 Å². The third-order valence-corrected chi connectivity index (χ3v) is 3.97. The zero-order chi connectivity index (χ0) is 19.8. The Bertz CT molecular complexity index is 854. The van der Waals surface area contributed by atoms with Crippen molar-refractivity contribution in [1.29, 1.82) is 0 Å². The molecule has 6 nitrogen and oxygen atoms in total. The Morgan fingerprint density at radius 3 is 2.48 bits per heavy atom. The van der Waals surface area contributed by atoms with Gasteiger partial charge in [-0.05, 0) is 37.3 Å². The minimum absolute atomic E-state index is 0.171. The predicted molar refractivity (Wildman–Crippen MR) is 102 cm³/mol. The molecule has 0 radical (unpaired) electrons. The molecule has 1 amide bonds. The summed E-state index contributed by atoms with van der Waals surface area (Å²) in [7, 11) is 0. The molecule has 0 spiro atoms. The van der Waals surface area contributed by atoms with Crippen LogP contribution in [0, 0.1) is 0 Å². The average molecular weight is 410 g/mol. The standard InChI is InChI=1S/C19H17Cl2NO5/c1-2-26-17-6-4-3-5-14(17)19(25)22-10-18(24)27-11-16(23)13-8-7-12(20)9-15(13)21/h3-9H,2,10-11H2,1H3,(H,22,25). The van der Waals surface area contributed by atoms with Crippen LogP contribution in [-0.4, -0.2) is 37.4 Å². The molecule has 0 unspecified atom stereocenters. The van der Waals surface area contributed by atoms with E-state index in [1.165, 1.54) is 18.2 Å². The van der Waals surface area contributed by atoms with Gasteiger partial charge in [0.1, 0.15) is 12.3 Å². The van der Waals surface area contributed by atoms with E-state index in [1.807, 2.05) is 0 Å². The first-order chi connectivity index (χ1) is 12.9. The predicted octanol–water partition coefficient (Wildman–Crippen LogP) is 3.55. The van der Waals surface area contributed by atoms with Gasteiger partial charge >= 0.3 is 5.97 Å². The lowest BCUT2D eigenvalue weighted by Gasteiger charge is -2.10. The number of rotatable bonds is 8. The lowest BCUT2D eigenvalue weighted by molar-refractivity contribution is -0.141. The molecule has 0 aliphatic heterocycles. The molecule has 8 heteroatoms. The molecule has 0 heterocycles. The van der Waals surface area contributed by atoms with E-state index in [1.54, 1.807) is 31.2 Å². The topological polar surface area (TPSA) is 81.7 Å². The van der Waals surface area contributed by atoms with Crippen LogP contribution in [0.2, 0.25) is 10.0 Å². The maximum atomic E-state index is 12.2. The molecule has 27 heavy (non-hydrogen) atoms. The number of hydrogen-bond donors (Lipinski definition) is 1. The second kappa shape index (κ2) is 9.94. The van der Waals surface area contributed by atoms with Crippen molar-refractivity contribution in [1.82, 2.24) is 5.32 Å². The van der Waals surface area contributed by atoms with Crippen molar-refractivity contribution in [3.05, 3.63) is 63.6 Å². The number of para-hydroxylation sites is 1. The lowest BCUT2D eigenvalue weighted by Crippen LogP contribution is -2.31. The fourth-order valence-corrected chi connectivity index (χ4v) is 2.69. The molecule has 0 atom stereocenters. The number of hydrogen-bond acceptors (Lipinski definition) is 5. The van der Waals surface area contributed by atoms with Crippen LogP contribution in [0.15, 0.2) is 42.5 Å². The Labute approximate surface area is 166 Å². The second-order valence-corrected chi connectivity index (χ2v) is 6.16. The highest BCUT2D eigenvalue weighted by molar-refractivity contribution is 6.36. The summed E-state index contributed by atoms with van der Waals surface area (Å²) in [5.41, 5.74) is 0.500. The van der Waals surface area contributed by atoms with Gasteiger partial charge in [-0.3, -0.25) is 14.4 Å². The van der Waals surface area contributed by atoms with E-state index in [2.05, 4.69) is 5.32 Å². The van der Waals surface area contributed by atoms with E-state index >= 15 is 0 Å². The molecule has 2 rings (SSSR count). The number of ketones is 1. The lowest BCUT2D eigenvalue weighted by atomic mass is 10.1. The van der Waals surface area contributed by atoms with Crippen molar-refractivity contribution in [2.24, 2.45) is 0 Å². The van der Waals surface area contributed by atoms with Gasteiger partial charge in [0.05, 0.1) is 17.2 Å². The summed E-state index contributed by atoms with van der Waals surface area (Å²) in [6.07, 6.45) is 0. The number of carbonyl (C=O) groups excluding carboxylic acids is 3. The molecule has 0 aromatic heterocycles. The van der Waals surface area contributed by atoms with E-state index in [0.29, 0.717) is 22.9 Å². The second-order valence-electron chi connectivity index (χ2n) is 5.32. The Kier molecular flexibility index (Phi) is 7.64. The fraction of sp³-hybridized carbons (Fsp3) is 0.211. The molecule has 2 aromatic carbocycles. The average Bonchev–Trinajstić information content (AvgIpc) is 2.65. The quantitative estimate of drug-likeness (QED) is 0.532. The van der Waals surface area contributed by atoms with E-state index < -0.39 is 24.3 Å². The van der Waals surface area contributed by atoms with Crippen LogP contribution in [0.25, 0.3) is 0 Å². The summed E-state index contributed by atoms with van der Waals surface area (Å²) in [5.74, 6) is -1.30. The van der Waals surface area contributed by atoms with Crippen molar-refractivity contribution in [3.8, 4) is 5.75 Å². The summed E-state index contributed by atoms with van der Waals surface area (Å²) < 4.78 is 10.3. The summed E-state index contributed by atoms with van der Waals surface area (Å²) >= 11 is 11.7. The highest BCUT2D eigenvalue weighted by Gasteiger charge is 2.16. The summed E-state index contributed by atoms with van der Waals surface area (Å²) in [5, 5.41) is 2.99. The number of amides is 1. The van der Waals surface area contributed by atoms with Crippen LogP contribution in [0.5, 0.6) is 5.75 Å². The summed E-state index contributed by atoms with van der Waals surface area (Å²) in [6.45, 7) is 1.32. The van der Waals surface area contributed by atoms with E-state index in [9.17, 15) is 14.4 Å². The third-order valence-electron chi connectivity index (χ3n) is 3.42. The molecule has 2 aromatic rings. The minimum Gasteiger partial charge on any atom is -0.493 e. The first kappa shape index (κ1) is 20.7. The van der Waals surface area contributed by atoms with E-state index in [0.717, 1.165) is 0 Å². The molecule has 142 valence electrons. The van der Waals surface area contributed by atoms with Gasteiger partial charge in [-0.1, -0.05) is 35.3 Å². The van der Waals surface area contributed by atoms with Gasteiger partial charge in [-0.25, -0.2) is 0 Å². The number of Topliss-reactive ketones (excluding diaryl/α,β-unsaturated/α-hetero) is 1. The van der Waals surface area contributed by atoms with Crippen LogP contribution in [-0.2, 0) is 9.53 Å². The first-order valence-corrected chi connectivity index (χ1v) is 8.82. The monoisotopic (exact) mass is 409 g/mol. The Morgan fingerprint density at radius 1 is 1.04 bits per heavy atom. The van der Waals surface area contributed by atoms with Crippen LogP contribution in [0.1, 0.15) is 27.6 Å². The minimum atomic E-state index is -0.754. The molecule has 0 saturated carbocycles. The Morgan fingerprint density at radius 2 is 1.78 bits per heavy atom. The zero-order valence-electron chi connectivity index (χ0n) is 14.5. The molecule has 1 N–H and O–H groups in total. The molecule has 0 aliphatic rings. The van der Waals surface area contributed by atoms with Gasteiger partial charge < -0.3 is 14.8 Å². The molecule has 0 saturated heterocycles. The van der Waals surface area contributed by atoms with E-state index in [4.69, 9.17) is 32.7 Å².